The summed E-state index contributed by atoms with van der Waals surface area (Å²) in [7, 11) is 0. The second-order valence-electron chi connectivity index (χ2n) is 2.94. The van der Waals surface area contributed by atoms with E-state index in [0.29, 0.717) is 11.8 Å². The summed E-state index contributed by atoms with van der Waals surface area (Å²) in [5.74, 6) is 1.12. The van der Waals surface area contributed by atoms with Gasteiger partial charge >= 0.3 is 0 Å². The van der Waals surface area contributed by atoms with Gasteiger partial charge in [0.1, 0.15) is 4.84 Å². The number of hydrogen-bond acceptors (Lipinski definition) is 0. The monoisotopic (exact) mass is 168 g/mol. The molecule has 0 rings (SSSR count). The Hall–Kier alpha value is 0.580. The van der Waals surface area contributed by atoms with Crippen LogP contribution in [-0.4, -0.2) is 4.84 Å². The Morgan fingerprint density at radius 2 is 1.56 bits per heavy atom. The number of hydrogen-bond donors (Lipinski definition) is 0. The average molecular weight is 169 g/mol. The molecule has 0 spiro atoms. The highest BCUT2D eigenvalue weighted by Crippen LogP contribution is 2.21. The molecule has 0 amide bonds. The lowest BCUT2D eigenvalue weighted by Crippen LogP contribution is -2.07. The molecule has 0 aromatic heterocycles. The lowest BCUT2D eigenvalue weighted by Gasteiger charge is -2.13. The lowest BCUT2D eigenvalue weighted by molar-refractivity contribution is 0.459. The summed E-state index contributed by atoms with van der Waals surface area (Å²) in [4.78, 5) is -0.201. The van der Waals surface area contributed by atoms with Crippen LogP contribution in [0.3, 0.4) is 0 Å². The fourth-order valence-electron chi connectivity index (χ4n) is 0.846. The van der Waals surface area contributed by atoms with Gasteiger partial charge in [0.25, 0.3) is 0 Å². The van der Waals surface area contributed by atoms with Crippen molar-refractivity contribution in [1.29, 1.82) is 0 Å². The van der Waals surface area contributed by atoms with Crippen molar-refractivity contribution >= 4 is 23.2 Å². The van der Waals surface area contributed by atoms with Crippen LogP contribution in [0.15, 0.2) is 0 Å². The summed E-state index contributed by atoms with van der Waals surface area (Å²) in [6, 6.07) is 0. The van der Waals surface area contributed by atoms with Crippen molar-refractivity contribution in [2.75, 3.05) is 0 Å². The van der Waals surface area contributed by atoms with Gasteiger partial charge in [0.15, 0.2) is 0 Å². The minimum Gasteiger partial charge on any atom is -0.105 e. The van der Waals surface area contributed by atoms with Gasteiger partial charge in [-0.1, -0.05) is 20.8 Å². The van der Waals surface area contributed by atoms with Crippen molar-refractivity contribution in [3.63, 3.8) is 0 Å². The van der Waals surface area contributed by atoms with E-state index in [-0.39, 0.29) is 4.84 Å². The highest BCUT2D eigenvalue weighted by Gasteiger charge is 2.11. The molecule has 0 saturated heterocycles. The first kappa shape index (κ1) is 9.58. The molecule has 0 N–H and O–H groups in total. The van der Waals surface area contributed by atoms with Crippen LogP contribution in [0.5, 0.6) is 0 Å². The lowest BCUT2D eigenvalue weighted by atomic mass is 10.0. The van der Waals surface area contributed by atoms with Gasteiger partial charge in [-0.25, -0.2) is 0 Å². The molecule has 2 heteroatoms. The second-order valence-corrected chi connectivity index (χ2v) is 4.11. The van der Waals surface area contributed by atoms with Gasteiger partial charge in [0, 0.05) is 0 Å². The summed E-state index contributed by atoms with van der Waals surface area (Å²) in [6.45, 7) is 6.42. The summed E-state index contributed by atoms with van der Waals surface area (Å²) in [5, 5.41) is 0. The Kier molecular flexibility index (Phi) is 4.69. The van der Waals surface area contributed by atoms with Crippen LogP contribution in [0, 0.1) is 11.8 Å². The second kappa shape index (κ2) is 4.40. The minimum atomic E-state index is -0.201. The molecule has 0 aromatic carbocycles. The number of alkyl halides is 2. The maximum atomic E-state index is 5.64. The Bertz CT molecular complexity index is 69.3. The number of rotatable bonds is 3. The van der Waals surface area contributed by atoms with Crippen LogP contribution in [0.2, 0.25) is 0 Å². The number of halogens is 2. The predicted octanol–water partition coefficient (Wildman–Crippen LogP) is 3.47. The third kappa shape index (κ3) is 5.05. The molecule has 0 aromatic rings. The van der Waals surface area contributed by atoms with Gasteiger partial charge in [0.2, 0.25) is 0 Å². The van der Waals surface area contributed by atoms with Crippen molar-refractivity contribution in [3.05, 3.63) is 0 Å². The maximum absolute atomic E-state index is 5.64. The molecule has 0 aliphatic heterocycles. The molecule has 9 heavy (non-hydrogen) atoms. The van der Waals surface area contributed by atoms with E-state index in [4.69, 9.17) is 23.2 Å². The summed E-state index contributed by atoms with van der Waals surface area (Å²) < 4.78 is 0. The van der Waals surface area contributed by atoms with E-state index in [0.717, 1.165) is 6.42 Å². The molecule has 1 atom stereocenters. The normalized spacial score (nSPS) is 15.0. The van der Waals surface area contributed by atoms with Gasteiger partial charge in [-0.05, 0) is 18.3 Å². The van der Waals surface area contributed by atoms with Crippen LogP contribution >= 0.6 is 23.2 Å². The van der Waals surface area contributed by atoms with E-state index in [9.17, 15) is 0 Å². The van der Waals surface area contributed by atoms with E-state index in [1.807, 2.05) is 0 Å². The quantitative estimate of drug-likeness (QED) is 0.567. The molecular formula is C7H14Cl2. The van der Waals surface area contributed by atoms with Crippen LogP contribution in [0.1, 0.15) is 27.2 Å². The third-order valence-electron chi connectivity index (χ3n) is 1.27. The smallest absolute Gasteiger partial charge is 0.105 e. The van der Waals surface area contributed by atoms with Crippen LogP contribution in [-0.2, 0) is 0 Å². The first-order valence-electron chi connectivity index (χ1n) is 3.32. The van der Waals surface area contributed by atoms with Crippen molar-refractivity contribution in [2.24, 2.45) is 11.8 Å². The predicted molar refractivity (Wildman–Crippen MR) is 44.1 cm³/mol. The van der Waals surface area contributed by atoms with Crippen LogP contribution in [0.25, 0.3) is 0 Å². The Morgan fingerprint density at radius 3 is 1.67 bits per heavy atom. The third-order valence-corrected chi connectivity index (χ3v) is 2.13. The Balaban J connectivity index is 3.38. The first-order valence-corrected chi connectivity index (χ1v) is 4.19. The molecular weight excluding hydrogens is 155 g/mol. The minimum absolute atomic E-state index is 0.201. The SMILES string of the molecule is CC(C)CC(C)C(Cl)Cl. The zero-order chi connectivity index (χ0) is 7.44. The van der Waals surface area contributed by atoms with Crippen LogP contribution < -0.4 is 0 Å². The molecule has 0 radical (unpaired) electrons. The highest BCUT2D eigenvalue weighted by molar-refractivity contribution is 6.44. The average Bonchev–Trinajstić information content (AvgIpc) is 1.63. The molecule has 0 heterocycles. The molecule has 0 bridgehead atoms. The van der Waals surface area contributed by atoms with Gasteiger partial charge in [-0.2, -0.15) is 0 Å². The first-order chi connectivity index (χ1) is 4.04. The van der Waals surface area contributed by atoms with E-state index in [2.05, 4.69) is 20.8 Å². The van der Waals surface area contributed by atoms with E-state index in [1.54, 1.807) is 0 Å². The maximum Gasteiger partial charge on any atom is 0.110 e. The molecule has 0 aliphatic rings. The van der Waals surface area contributed by atoms with Crippen molar-refractivity contribution in [3.8, 4) is 0 Å². The fourth-order valence-corrected chi connectivity index (χ4v) is 1.05. The van der Waals surface area contributed by atoms with E-state index < -0.39 is 0 Å². The summed E-state index contributed by atoms with van der Waals surface area (Å²) >= 11 is 11.3. The Morgan fingerprint density at radius 1 is 1.11 bits per heavy atom. The van der Waals surface area contributed by atoms with Gasteiger partial charge < -0.3 is 0 Å². The van der Waals surface area contributed by atoms with E-state index in [1.165, 1.54) is 0 Å². The molecule has 0 nitrogen and oxygen atoms in total. The molecule has 0 saturated carbocycles. The molecule has 56 valence electrons. The van der Waals surface area contributed by atoms with Gasteiger partial charge in [0.05, 0.1) is 0 Å². The van der Waals surface area contributed by atoms with Crippen molar-refractivity contribution in [1.82, 2.24) is 0 Å². The molecule has 0 aliphatic carbocycles. The van der Waals surface area contributed by atoms with Crippen LogP contribution in [0.4, 0.5) is 0 Å². The summed E-state index contributed by atoms with van der Waals surface area (Å²) in [5.41, 5.74) is 0. The zero-order valence-electron chi connectivity index (χ0n) is 6.20. The fraction of sp³-hybridized carbons (Fsp3) is 1.00. The van der Waals surface area contributed by atoms with Gasteiger partial charge in [-0.15, -0.1) is 23.2 Å². The standard InChI is InChI=1S/C7H14Cl2/c1-5(2)4-6(3)7(8)9/h5-7H,4H2,1-3H3. The highest BCUT2D eigenvalue weighted by atomic mass is 35.5. The summed E-state index contributed by atoms with van der Waals surface area (Å²) in [6.07, 6.45) is 1.11. The zero-order valence-corrected chi connectivity index (χ0v) is 7.71. The molecule has 1 unspecified atom stereocenters. The van der Waals surface area contributed by atoms with E-state index >= 15 is 0 Å². The Labute approximate surface area is 67.5 Å². The van der Waals surface area contributed by atoms with Crippen molar-refractivity contribution in [2.45, 2.75) is 32.0 Å². The van der Waals surface area contributed by atoms with Crippen molar-refractivity contribution < 1.29 is 0 Å². The largest absolute Gasteiger partial charge is 0.110 e. The molecule has 0 fully saturated rings. The topological polar surface area (TPSA) is 0 Å². The van der Waals surface area contributed by atoms with Gasteiger partial charge in [-0.3, -0.25) is 0 Å².